The molecule has 0 fully saturated rings. The molecule has 20 heavy (non-hydrogen) atoms. The second-order valence-electron chi connectivity index (χ2n) is 3.84. The summed E-state index contributed by atoms with van der Waals surface area (Å²) in [6.45, 7) is 1.28. The van der Waals surface area contributed by atoms with Crippen LogP contribution in [-0.4, -0.2) is 14.9 Å². The van der Waals surface area contributed by atoms with E-state index in [1.165, 1.54) is 6.92 Å². The van der Waals surface area contributed by atoms with E-state index in [9.17, 15) is 23.3 Å². The van der Waals surface area contributed by atoms with Gasteiger partial charge in [-0.15, -0.1) is 0 Å². The van der Waals surface area contributed by atoms with Crippen molar-refractivity contribution in [3.8, 4) is 11.3 Å². The number of hydrogen-bond acceptors (Lipinski definition) is 5. The second-order valence-corrected chi connectivity index (χ2v) is 3.84. The van der Waals surface area contributed by atoms with Gasteiger partial charge < -0.3 is 5.73 Å². The maximum atomic E-state index is 13.7. The largest absolute Gasteiger partial charge is 0.368 e. The van der Waals surface area contributed by atoms with Gasteiger partial charge in [0, 0.05) is 5.56 Å². The summed E-state index contributed by atoms with van der Waals surface area (Å²) in [6, 6.07) is 1.49. The first-order valence-corrected chi connectivity index (χ1v) is 5.25. The van der Waals surface area contributed by atoms with Gasteiger partial charge in [-0.3, -0.25) is 10.1 Å². The lowest BCUT2D eigenvalue weighted by Crippen LogP contribution is -2.06. The quantitative estimate of drug-likeness (QED) is 0.519. The number of nitro groups is 1. The molecule has 0 amide bonds. The topological polar surface area (TPSA) is 94.9 Å². The smallest absolute Gasteiger partial charge is 0.316 e. The highest BCUT2D eigenvalue weighted by molar-refractivity contribution is 5.72. The molecule has 1 aromatic heterocycles. The fourth-order valence-corrected chi connectivity index (χ4v) is 1.70. The summed E-state index contributed by atoms with van der Waals surface area (Å²) in [6.07, 6.45) is 0. The maximum absolute atomic E-state index is 13.7. The molecule has 0 radical (unpaired) electrons. The number of halogens is 3. The Morgan fingerprint density at radius 1 is 1.20 bits per heavy atom. The number of hydrogen-bond donors (Lipinski definition) is 1. The molecule has 0 saturated carbocycles. The lowest BCUT2D eigenvalue weighted by molar-refractivity contribution is -0.385. The molecule has 0 atom stereocenters. The third-order valence-corrected chi connectivity index (χ3v) is 2.55. The number of nitrogen functional groups attached to an aromatic ring is 1. The average Bonchev–Trinajstić information content (AvgIpc) is 2.34. The van der Waals surface area contributed by atoms with Crippen molar-refractivity contribution < 1.29 is 18.1 Å². The third kappa shape index (κ3) is 2.13. The second kappa shape index (κ2) is 4.76. The molecule has 2 aromatic rings. The summed E-state index contributed by atoms with van der Waals surface area (Å²) in [5.41, 5.74) is 3.55. The van der Waals surface area contributed by atoms with Crippen LogP contribution in [0.4, 0.5) is 24.8 Å². The molecular weight excluding hydrogens is 277 g/mol. The van der Waals surface area contributed by atoms with Crippen molar-refractivity contribution >= 4 is 11.6 Å². The van der Waals surface area contributed by atoms with Crippen LogP contribution in [0.5, 0.6) is 0 Å². The van der Waals surface area contributed by atoms with Crippen molar-refractivity contribution in [1.82, 2.24) is 9.97 Å². The number of aromatic nitrogens is 2. The van der Waals surface area contributed by atoms with Gasteiger partial charge in [-0.25, -0.2) is 23.1 Å². The van der Waals surface area contributed by atoms with Crippen molar-refractivity contribution in [3.05, 3.63) is 45.4 Å². The van der Waals surface area contributed by atoms with Crippen molar-refractivity contribution in [1.29, 1.82) is 0 Å². The van der Waals surface area contributed by atoms with Crippen molar-refractivity contribution in [2.24, 2.45) is 0 Å². The molecule has 2 N–H and O–H groups in total. The minimum atomic E-state index is -1.74. The lowest BCUT2D eigenvalue weighted by atomic mass is 10.1. The molecule has 0 saturated heterocycles. The molecule has 0 aliphatic rings. The van der Waals surface area contributed by atoms with Crippen LogP contribution < -0.4 is 5.73 Å². The van der Waals surface area contributed by atoms with Crippen LogP contribution in [0.2, 0.25) is 0 Å². The van der Waals surface area contributed by atoms with Gasteiger partial charge in [-0.05, 0) is 19.1 Å². The Kier molecular flexibility index (Phi) is 3.26. The van der Waals surface area contributed by atoms with Gasteiger partial charge in [0.1, 0.15) is 5.69 Å². The molecule has 0 aliphatic carbocycles. The van der Waals surface area contributed by atoms with Crippen LogP contribution >= 0.6 is 0 Å². The lowest BCUT2D eigenvalue weighted by Gasteiger charge is -2.07. The maximum Gasteiger partial charge on any atom is 0.316 e. The first-order valence-electron chi connectivity index (χ1n) is 5.25. The zero-order chi connectivity index (χ0) is 15.0. The molecule has 6 nitrogen and oxygen atoms in total. The summed E-state index contributed by atoms with van der Waals surface area (Å²) >= 11 is 0. The van der Waals surface area contributed by atoms with E-state index in [-0.39, 0.29) is 11.6 Å². The Morgan fingerprint density at radius 2 is 1.85 bits per heavy atom. The van der Waals surface area contributed by atoms with Crippen LogP contribution in [0.3, 0.4) is 0 Å². The SMILES string of the molecule is Cc1nc(N)nc(-c2ccc(F)c(F)c2F)c1[N+](=O)[O-]. The van der Waals surface area contributed by atoms with Crippen LogP contribution in [0.25, 0.3) is 11.3 Å². The van der Waals surface area contributed by atoms with E-state index in [1.807, 2.05) is 0 Å². The van der Waals surface area contributed by atoms with Gasteiger partial charge in [0.15, 0.2) is 23.1 Å². The fraction of sp³-hybridized carbons (Fsp3) is 0.0909. The van der Waals surface area contributed by atoms with Crippen molar-refractivity contribution in [2.45, 2.75) is 6.92 Å². The molecule has 0 unspecified atom stereocenters. The van der Waals surface area contributed by atoms with E-state index in [4.69, 9.17) is 5.73 Å². The van der Waals surface area contributed by atoms with E-state index < -0.39 is 39.3 Å². The highest BCUT2D eigenvalue weighted by Gasteiger charge is 2.26. The summed E-state index contributed by atoms with van der Waals surface area (Å²) in [7, 11) is 0. The van der Waals surface area contributed by atoms with Gasteiger partial charge in [-0.2, -0.15) is 0 Å². The normalized spacial score (nSPS) is 10.6. The minimum Gasteiger partial charge on any atom is -0.368 e. The van der Waals surface area contributed by atoms with Crippen LogP contribution in [-0.2, 0) is 0 Å². The van der Waals surface area contributed by atoms with E-state index in [0.717, 1.165) is 6.07 Å². The predicted molar refractivity (Wildman–Crippen MR) is 63.1 cm³/mol. The van der Waals surface area contributed by atoms with Crippen LogP contribution in [0.15, 0.2) is 12.1 Å². The zero-order valence-electron chi connectivity index (χ0n) is 10.0. The Balaban J connectivity index is 2.82. The van der Waals surface area contributed by atoms with Crippen LogP contribution in [0, 0.1) is 34.5 Å². The molecule has 1 aromatic carbocycles. The number of nitrogens with zero attached hydrogens (tertiary/aromatic N) is 3. The zero-order valence-corrected chi connectivity index (χ0v) is 10.0. The number of rotatable bonds is 2. The summed E-state index contributed by atoms with van der Waals surface area (Å²) in [5, 5.41) is 11.0. The van der Waals surface area contributed by atoms with E-state index in [2.05, 4.69) is 9.97 Å². The standard InChI is InChI=1S/C11H7F3N4O2/c1-4-10(18(19)20)9(17-11(15)16-4)5-2-3-6(12)8(14)7(5)13/h2-3H,1H3,(H2,15,16,17). The first kappa shape index (κ1) is 13.7. The van der Waals surface area contributed by atoms with E-state index >= 15 is 0 Å². The predicted octanol–water partition coefficient (Wildman–Crippen LogP) is 2.36. The molecule has 9 heteroatoms. The summed E-state index contributed by atoms with van der Waals surface area (Å²) < 4.78 is 39.8. The van der Waals surface area contributed by atoms with Crippen molar-refractivity contribution in [2.75, 3.05) is 5.73 Å². The number of anilines is 1. The number of nitrogens with two attached hydrogens (primary N) is 1. The Labute approximate surface area is 110 Å². The molecule has 2 rings (SSSR count). The summed E-state index contributed by atoms with van der Waals surface area (Å²) in [5.74, 6) is -5.07. The molecule has 0 aliphatic heterocycles. The molecule has 1 heterocycles. The van der Waals surface area contributed by atoms with Gasteiger partial charge in [0.2, 0.25) is 5.95 Å². The minimum absolute atomic E-state index is 0.110. The monoisotopic (exact) mass is 284 g/mol. The highest BCUT2D eigenvalue weighted by Crippen LogP contribution is 2.33. The molecule has 0 spiro atoms. The molecular formula is C11H7F3N4O2. The summed E-state index contributed by atoms with van der Waals surface area (Å²) in [4.78, 5) is 17.3. The molecule has 0 bridgehead atoms. The van der Waals surface area contributed by atoms with Gasteiger partial charge in [0.25, 0.3) is 0 Å². The third-order valence-electron chi connectivity index (χ3n) is 2.55. The molecule has 104 valence electrons. The van der Waals surface area contributed by atoms with Gasteiger partial charge in [-0.1, -0.05) is 0 Å². The average molecular weight is 284 g/mol. The number of benzene rings is 1. The first-order chi connectivity index (χ1) is 9.32. The van der Waals surface area contributed by atoms with Gasteiger partial charge in [0.05, 0.1) is 4.92 Å². The fourth-order valence-electron chi connectivity index (χ4n) is 1.70. The Hall–Kier alpha value is -2.71. The Morgan fingerprint density at radius 3 is 2.45 bits per heavy atom. The van der Waals surface area contributed by atoms with Crippen molar-refractivity contribution in [3.63, 3.8) is 0 Å². The highest BCUT2D eigenvalue weighted by atomic mass is 19.2. The van der Waals surface area contributed by atoms with E-state index in [1.54, 1.807) is 0 Å². The number of aryl methyl sites for hydroxylation is 1. The van der Waals surface area contributed by atoms with Gasteiger partial charge >= 0.3 is 5.69 Å². The van der Waals surface area contributed by atoms with E-state index in [0.29, 0.717) is 6.07 Å². The Bertz CT molecular complexity index is 721. The van der Waals surface area contributed by atoms with Crippen LogP contribution in [0.1, 0.15) is 5.69 Å².